The zero-order valence-electron chi connectivity index (χ0n) is 12.6. The van der Waals surface area contributed by atoms with Gasteiger partial charge < -0.3 is 4.90 Å². The molecule has 116 valence electrons. The first-order valence-electron chi connectivity index (χ1n) is 7.16. The molecule has 0 unspecified atom stereocenters. The van der Waals surface area contributed by atoms with Gasteiger partial charge >= 0.3 is 0 Å². The Kier molecular flexibility index (Phi) is 3.89. The number of fused-ring (bicyclic) bond motifs is 1. The summed E-state index contributed by atoms with van der Waals surface area (Å²) in [5.41, 5.74) is 1.63. The van der Waals surface area contributed by atoms with Gasteiger partial charge in [-0.25, -0.2) is 0 Å². The molecule has 0 saturated carbocycles. The Bertz CT molecular complexity index is 739. The second kappa shape index (κ2) is 6.00. The summed E-state index contributed by atoms with van der Waals surface area (Å²) in [5.74, 6) is -1.14. The number of hydrogen-bond acceptors (Lipinski definition) is 4. The lowest BCUT2D eigenvalue weighted by Gasteiger charge is -2.20. The fourth-order valence-corrected chi connectivity index (χ4v) is 2.49. The van der Waals surface area contributed by atoms with Crippen LogP contribution >= 0.6 is 0 Å². The summed E-state index contributed by atoms with van der Waals surface area (Å²) in [7, 11) is 1.64. The summed E-state index contributed by atoms with van der Waals surface area (Å²) >= 11 is 0. The van der Waals surface area contributed by atoms with E-state index in [9.17, 15) is 14.4 Å². The number of benzene rings is 1. The number of carbonyl (C=O) groups excluding carboxylic acids is 3. The Morgan fingerprint density at radius 1 is 1.04 bits per heavy atom. The summed E-state index contributed by atoms with van der Waals surface area (Å²) < 4.78 is 0. The Morgan fingerprint density at radius 2 is 1.61 bits per heavy atom. The largest absolute Gasteiger partial charge is 0.340 e. The molecule has 2 aromatic rings. The first-order chi connectivity index (χ1) is 11.1. The molecule has 0 bridgehead atoms. The predicted molar refractivity (Wildman–Crippen MR) is 82.5 cm³/mol. The van der Waals surface area contributed by atoms with Crippen LogP contribution in [0.3, 0.4) is 0 Å². The first kappa shape index (κ1) is 14.9. The van der Waals surface area contributed by atoms with Crippen LogP contribution in [0, 0.1) is 0 Å². The van der Waals surface area contributed by atoms with Gasteiger partial charge in [0, 0.05) is 26.0 Å². The third kappa shape index (κ3) is 2.83. The van der Waals surface area contributed by atoms with E-state index in [2.05, 4.69) is 4.98 Å². The van der Waals surface area contributed by atoms with E-state index in [1.165, 1.54) is 4.90 Å². The average Bonchev–Trinajstić information content (AvgIpc) is 2.81. The maximum Gasteiger partial charge on any atom is 0.262 e. The zero-order chi connectivity index (χ0) is 16.4. The Labute approximate surface area is 133 Å². The van der Waals surface area contributed by atoms with Gasteiger partial charge in [0.2, 0.25) is 5.91 Å². The van der Waals surface area contributed by atoms with Crippen LogP contribution in [-0.2, 0) is 11.3 Å². The van der Waals surface area contributed by atoms with Crippen molar-refractivity contribution >= 4 is 17.7 Å². The average molecular weight is 309 g/mol. The molecule has 6 heteroatoms. The van der Waals surface area contributed by atoms with Gasteiger partial charge in [-0.1, -0.05) is 12.1 Å². The van der Waals surface area contributed by atoms with E-state index in [0.717, 1.165) is 10.5 Å². The van der Waals surface area contributed by atoms with Crippen LogP contribution in [0.25, 0.3) is 0 Å². The van der Waals surface area contributed by atoms with Crippen molar-refractivity contribution in [3.05, 3.63) is 65.5 Å². The number of nitrogens with zero attached hydrogens (tertiary/aromatic N) is 3. The van der Waals surface area contributed by atoms with Crippen LogP contribution in [0.1, 0.15) is 26.3 Å². The number of pyridine rings is 1. The van der Waals surface area contributed by atoms with E-state index < -0.39 is 11.8 Å². The van der Waals surface area contributed by atoms with Gasteiger partial charge in [-0.2, -0.15) is 0 Å². The van der Waals surface area contributed by atoms with Gasteiger partial charge in [0.25, 0.3) is 11.8 Å². The minimum absolute atomic E-state index is 0.256. The molecule has 23 heavy (non-hydrogen) atoms. The van der Waals surface area contributed by atoms with Crippen LogP contribution in [-0.4, -0.2) is 46.1 Å². The summed E-state index contributed by atoms with van der Waals surface area (Å²) in [6.07, 6.45) is 3.30. The number of imide groups is 1. The molecule has 3 amide bonds. The van der Waals surface area contributed by atoms with E-state index in [-0.39, 0.29) is 12.5 Å². The molecule has 1 aromatic carbocycles. The highest BCUT2D eigenvalue weighted by Gasteiger charge is 2.36. The lowest BCUT2D eigenvalue weighted by atomic mass is 10.1. The van der Waals surface area contributed by atoms with Gasteiger partial charge in [-0.3, -0.25) is 24.3 Å². The van der Waals surface area contributed by atoms with E-state index in [1.54, 1.807) is 43.7 Å². The van der Waals surface area contributed by atoms with Crippen molar-refractivity contribution in [1.82, 2.24) is 14.8 Å². The molecular weight excluding hydrogens is 294 g/mol. The highest BCUT2D eigenvalue weighted by atomic mass is 16.2. The number of hydrogen-bond donors (Lipinski definition) is 0. The number of aromatic nitrogens is 1. The van der Waals surface area contributed by atoms with Gasteiger partial charge in [0.05, 0.1) is 11.1 Å². The Balaban J connectivity index is 1.69. The molecule has 2 heterocycles. The topological polar surface area (TPSA) is 70.6 Å². The van der Waals surface area contributed by atoms with E-state index in [0.29, 0.717) is 17.7 Å². The normalized spacial score (nSPS) is 13.2. The molecule has 3 rings (SSSR count). The summed E-state index contributed by atoms with van der Waals surface area (Å²) in [4.78, 5) is 43.2. The number of amides is 3. The summed E-state index contributed by atoms with van der Waals surface area (Å²) in [6.45, 7) is 0.137. The van der Waals surface area contributed by atoms with E-state index in [1.807, 2.05) is 12.1 Å². The number of carbonyl (C=O) groups is 3. The maximum atomic E-state index is 12.3. The monoisotopic (exact) mass is 309 g/mol. The second-order valence-electron chi connectivity index (χ2n) is 5.35. The molecule has 0 atom stereocenters. The lowest BCUT2D eigenvalue weighted by Crippen LogP contribution is -2.40. The van der Waals surface area contributed by atoms with E-state index in [4.69, 9.17) is 0 Å². The molecule has 0 radical (unpaired) electrons. The molecule has 6 nitrogen and oxygen atoms in total. The van der Waals surface area contributed by atoms with Crippen LogP contribution < -0.4 is 0 Å². The minimum Gasteiger partial charge on any atom is -0.340 e. The van der Waals surface area contributed by atoms with Crippen molar-refractivity contribution in [3.63, 3.8) is 0 Å². The lowest BCUT2D eigenvalue weighted by molar-refractivity contribution is -0.130. The van der Waals surface area contributed by atoms with Crippen molar-refractivity contribution in [1.29, 1.82) is 0 Å². The molecule has 1 aromatic heterocycles. The summed E-state index contributed by atoms with van der Waals surface area (Å²) in [5, 5.41) is 0. The predicted octanol–water partition coefficient (Wildman–Crippen LogP) is 1.34. The quantitative estimate of drug-likeness (QED) is 0.799. The molecule has 0 aliphatic carbocycles. The molecule has 1 aliphatic rings. The van der Waals surface area contributed by atoms with Crippen molar-refractivity contribution in [2.45, 2.75) is 6.54 Å². The second-order valence-corrected chi connectivity index (χ2v) is 5.35. The van der Waals surface area contributed by atoms with Crippen LogP contribution in [0.2, 0.25) is 0 Å². The van der Waals surface area contributed by atoms with E-state index >= 15 is 0 Å². The van der Waals surface area contributed by atoms with Gasteiger partial charge in [0.1, 0.15) is 6.54 Å². The van der Waals surface area contributed by atoms with Crippen molar-refractivity contribution in [3.8, 4) is 0 Å². The van der Waals surface area contributed by atoms with Crippen LogP contribution in [0.15, 0.2) is 48.8 Å². The molecule has 0 fully saturated rings. The van der Waals surface area contributed by atoms with Gasteiger partial charge in [0.15, 0.2) is 0 Å². The molecule has 0 saturated heterocycles. The fraction of sp³-hybridized carbons (Fsp3) is 0.176. The minimum atomic E-state index is -0.420. The summed E-state index contributed by atoms with van der Waals surface area (Å²) in [6, 6.07) is 10.2. The molecule has 0 N–H and O–H groups in total. The van der Waals surface area contributed by atoms with Crippen molar-refractivity contribution < 1.29 is 14.4 Å². The van der Waals surface area contributed by atoms with Gasteiger partial charge in [-0.15, -0.1) is 0 Å². The first-order valence-corrected chi connectivity index (χ1v) is 7.16. The van der Waals surface area contributed by atoms with Crippen LogP contribution in [0.4, 0.5) is 0 Å². The third-order valence-corrected chi connectivity index (χ3v) is 3.77. The molecular formula is C17H15N3O3. The smallest absolute Gasteiger partial charge is 0.262 e. The standard InChI is InChI=1S/C17H15N3O3/c1-19(10-12-6-8-18-9-7-12)15(21)11-20-16(22)13-4-2-3-5-14(13)17(20)23/h2-9H,10-11H2,1H3. The van der Waals surface area contributed by atoms with Crippen molar-refractivity contribution in [2.24, 2.45) is 0 Å². The number of rotatable bonds is 4. The maximum absolute atomic E-state index is 12.3. The van der Waals surface area contributed by atoms with Gasteiger partial charge in [-0.05, 0) is 29.8 Å². The highest BCUT2D eigenvalue weighted by Crippen LogP contribution is 2.22. The molecule has 1 aliphatic heterocycles. The van der Waals surface area contributed by atoms with Crippen molar-refractivity contribution in [2.75, 3.05) is 13.6 Å². The number of likely N-dealkylation sites (N-methyl/N-ethyl adjacent to an activating group) is 1. The third-order valence-electron chi connectivity index (χ3n) is 3.77. The Morgan fingerprint density at radius 3 is 2.17 bits per heavy atom. The Hall–Kier alpha value is -3.02. The fourth-order valence-electron chi connectivity index (χ4n) is 2.49. The van der Waals surface area contributed by atoms with Crippen LogP contribution in [0.5, 0.6) is 0 Å². The highest BCUT2D eigenvalue weighted by molar-refractivity contribution is 6.22. The molecule has 0 spiro atoms. The SMILES string of the molecule is CN(Cc1ccncc1)C(=O)CN1C(=O)c2ccccc2C1=O. The zero-order valence-corrected chi connectivity index (χ0v) is 12.6.